The molecule has 4 heteroatoms. The molecule has 0 N–H and O–H groups in total. The summed E-state index contributed by atoms with van der Waals surface area (Å²) < 4.78 is 109. The Hall–Kier alpha value is -5.15. The Morgan fingerprint density at radius 3 is 2.07 bits per heavy atom. The summed E-state index contributed by atoms with van der Waals surface area (Å²) in [5.41, 5.74) is 6.72. The first-order valence-electron chi connectivity index (χ1n) is 25.2. The molecule has 0 fully saturated rings. The Kier molecular flexibility index (Phi) is 9.35. The number of rotatable bonds is 8. The molecule has 0 bridgehead atoms. The zero-order valence-corrected chi connectivity index (χ0v) is 36.2. The maximum atomic E-state index is 9.57. The van der Waals surface area contributed by atoms with Crippen LogP contribution in [0, 0.1) is 43.5 Å². The zero-order valence-electron chi connectivity index (χ0n) is 46.8. The maximum absolute atomic E-state index is 9.57. The molecule has 2 heterocycles. The molecular weight excluding hydrogens is 885 g/mol. The normalized spacial score (nSPS) is 16.7. The molecule has 0 aliphatic heterocycles. The van der Waals surface area contributed by atoms with Crippen molar-refractivity contribution in [3.05, 3.63) is 178 Å². The van der Waals surface area contributed by atoms with Crippen LogP contribution in [0.25, 0.3) is 60.9 Å². The van der Waals surface area contributed by atoms with Crippen molar-refractivity contribution >= 4 is 39.3 Å². The van der Waals surface area contributed by atoms with Crippen molar-refractivity contribution in [1.82, 2.24) is 4.98 Å². The molecule has 0 saturated carbocycles. The number of aryl methyl sites for hydroxylation is 3. The molecule has 7 aromatic rings. The van der Waals surface area contributed by atoms with E-state index in [4.69, 9.17) is 22.2 Å². The van der Waals surface area contributed by atoms with Crippen molar-refractivity contribution in [2.24, 2.45) is 10.8 Å². The van der Waals surface area contributed by atoms with Crippen molar-refractivity contribution in [3.63, 3.8) is 0 Å². The van der Waals surface area contributed by atoms with Gasteiger partial charge < -0.3 is 14.8 Å². The number of hydrogen-bond acceptors (Lipinski definition) is 2. The van der Waals surface area contributed by atoms with Gasteiger partial charge >= 0.3 is 20.1 Å². The number of allylic oxidation sites excluding steroid dienone is 4. The summed E-state index contributed by atoms with van der Waals surface area (Å²) in [5, 5.41) is 11.3. The third kappa shape index (κ3) is 11.3. The number of fused-ring (bicyclic) bond motifs is 3. The molecule has 0 aliphatic carbocycles. The molecule has 0 amide bonds. The Bertz CT molecular complexity index is 3080. The number of pyridine rings is 1. The standard InChI is InChI=1S/C30H29NO.C24H26N.Ir/c1-20-9-14-26-27-8-6-7-25(29(27)32-28(26)17-20)21(2)18-24(15-16-31)23-12-10-22(11-13-23)19-30(3,4)5;1-17-6-13-23(25-16-17)21-10-7-18(2)22(14-21)20-11-8-19(9-12-20)15-24(3,4)5;/h6,8-18H,19H2,1-5H3;6-9,11-14,16H,15H2,1-5H3;/q-2;-1;+3/b21-18+,24-15+;;/i1D3,19D2;1D3,2D3,15D2;. The average Bonchev–Trinajstić information content (AvgIpc) is 3.66. The summed E-state index contributed by atoms with van der Waals surface area (Å²) >= 11 is 0. The van der Waals surface area contributed by atoms with E-state index < -0.39 is 44.1 Å². The molecule has 0 unspecified atom stereocenters. The van der Waals surface area contributed by atoms with Crippen molar-refractivity contribution in [2.75, 3.05) is 0 Å². The van der Waals surface area contributed by atoms with Crippen LogP contribution in [0.15, 0.2) is 126 Å². The molecule has 0 atom stereocenters. The van der Waals surface area contributed by atoms with Gasteiger partial charge in [-0.05, 0) is 88.0 Å². The van der Waals surface area contributed by atoms with Gasteiger partial charge in [0.05, 0.1) is 0 Å². The van der Waals surface area contributed by atoms with E-state index in [1.165, 1.54) is 18.3 Å². The minimum absolute atomic E-state index is 0. The van der Waals surface area contributed by atoms with Crippen LogP contribution in [-0.2, 0) is 32.9 Å². The Balaban J connectivity index is 0.000000262. The third-order valence-electron chi connectivity index (χ3n) is 8.90. The zero-order chi connectivity index (χ0) is 52.0. The van der Waals surface area contributed by atoms with E-state index in [0.29, 0.717) is 44.7 Å². The molecule has 58 heavy (non-hydrogen) atoms. The molecule has 7 rings (SSSR count). The number of aromatic nitrogens is 1. The van der Waals surface area contributed by atoms with Gasteiger partial charge in [0.2, 0.25) is 0 Å². The Morgan fingerprint density at radius 1 is 0.793 bits per heavy atom. The topological polar surface area (TPSA) is 48.3 Å². The van der Waals surface area contributed by atoms with Gasteiger partial charge in [0.25, 0.3) is 0 Å². The molecule has 0 saturated heterocycles. The van der Waals surface area contributed by atoms with Crippen LogP contribution in [0.4, 0.5) is 0 Å². The molecule has 2 aromatic heterocycles. The first kappa shape index (κ1) is 29.1. The van der Waals surface area contributed by atoms with Crippen molar-refractivity contribution in [3.8, 4) is 22.4 Å². The largest absolute Gasteiger partial charge is 3.00 e. The number of hydrogen-bond donors (Lipinski definition) is 0. The maximum Gasteiger partial charge on any atom is 3.00 e. The van der Waals surface area contributed by atoms with Crippen LogP contribution in [0.2, 0.25) is 0 Å². The predicted octanol–water partition coefficient (Wildman–Crippen LogP) is 14.8. The average molecular weight is 953 g/mol. The first-order chi connectivity index (χ1) is 32.3. The van der Waals surface area contributed by atoms with E-state index in [9.17, 15) is 5.41 Å². The summed E-state index contributed by atoms with van der Waals surface area (Å²) in [6.07, 6.45) is 2.68. The van der Waals surface area contributed by atoms with E-state index >= 15 is 0 Å². The van der Waals surface area contributed by atoms with E-state index in [1.54, 1.807) is 72.8 Å². The summed E-state index contributed by atoms with van der Waals surface area (Å²) in [6, 6.07) is 35.1. The third-order valence-corrected chi connectivity index (χ3v) is 8.90. The second-order valence-electron chi connectivity index (χ2n) is 16.0. The van der Waals surface area contributed by atoms with E-state index in [2.05, 4.69) is 17.1 Å². The number of nitrogens with zero attached hydrogens (tertiary/aromatic N) is 2. The van der Waals surface area contributed by atoms with Crippen molar-refractivity contribution in [1.29, 1.82) is 0 Å². The van der Waals surface area contributed by atoms with Gasteiger partial charge in [-0.3, -0.25) is 0 Å². The Labute approximate surface area is 378 Å². The van der Waals surface area contributed by atoms with Gasteiger partial charge in [-0.1, -0.05) is 151 Å². The van der Waals surface area contributed by atoms with Crippen molar-refractivity contribution < 1.29 is 42.3 Å². The summed E-state index contributed by atoms with van der Waals surface area (Å²) in [5.74, 6) is 0. The van der Waals surface area contributed by atoms with Gasteiger partial charge in [-0.2, -0.15) is 6.21 Å². The second-order valence-corrected chi connectivity index (χ2v) is 16.0. The van der Waals surface area contributed by atoms with E-state index in [-0.39, 0.29) is 36.8 Å². The molecule has 296 valence electrons. The fraction of sp³-hybridized carbons (Fsp3) is 0.259. The van der Waals surface area contributed by atoms with Gasteiger partial charge in [-0.15, -0.1) is 58.7 Å². The van der Waals surface area contributed by atoms with Gasteiger partial charge in [0, 0.05) is 35.0 Å². The smallest absolute Gasteiger partial charge is 0.811 e. The summed E-state index contributed by atoms with van der Waals surface area (Å²) in [7, 11) is 0. The van der Waals surface area contributed by atoms with E-state index in [0.717, 1.165) is 39.3 Å². The number of benzene rings is 5. The van der Waals surface area contributed by atoms with Crippen LogP contribution < -0.4 is 0 Å². The van der Waals surface area contributed by atoms with Crippen LogP contribution in [-0.4, -0.2) is 11.2 Å². The molecule has 3 nitrogen and oxygen atoms in total. The summed E-state index contributed by atoms with van der Waals surface area (Å²) in [4.78, 5) is 4.23. The van der Waals surface area contributed by atoms with Crippen LogP contribution >= 0.6 is 0 Å². The SMILES string of the molecule is [2H]C([2H])([2H])c1ccc(-c2[c-]cc(C([2H])([2H])[2H])c(-c3ccc(C([2H])([2H])C(C)(C)C)cc3)c2)nc1.[2H]C([2H])([2H])c1ccc2c(c1)oc1c(/C(C)=C/C(=C\C=[N-])c3ccc(C([2H])([2H])C(C)(C)C)cc3)[c-]ccc12.[Ir+3]. The van der Waals surface area contributed by atoms with Crippen LogP contribution in [0.5, 0.6) is 0 Å². The monoisotopic (exact) mass is 953 g/mol. The minimum atomic E-state index is -2.37. The van der Waals surface area contributed by atoms with E-state index in [1.807, 2.05) is 78.8 Å². The predicted molar refractivity (Wildman–Crippen MR) is 245 cm³/mol. The van der Waals surface area contributed by atoms with Crippen LogP contribution in [0.1, 0.15) is 105 Å². The molecular formula is C54H55IrN2O. The number of furan rings is 1. The van der Waals surface area contributed by atoms with Gasteiger partial charge in [0.15, 0.2) is 0 Å². The van der Waals surface area contributed by atoms with Gasteiger partial charge in [0.1, 0.15) is 5.58 Å². The quantitative estimate of drug-likeness (QED) is 0.0866. The van der Waals surface area contributed by atoms with Crippen molar-refractivity contribution in [2.45, 2.75) is 81.8 Å². The Morgan fingerprint density at radius 2 is 1.47 bits per heavy atom. The molecule has 5 aromatic carbocycles. The second kappa shape index (κ2) is 18.6. The molecule has 0 spiro atoms. The first-order valence-corrected chi connectivity index (χ1v) is 18.7. The fourth-order valence-corrected chi connectivity index (χ4v) is 6.42. The minimum Gasteiger partial charge on any atom is -0.811 e. The van der Waals surface area contributed by atoms with Gasteiger partial charge in [-0.25, -0.2) is 0 Å². The molecule has 0 radical (unpaired) electrons. The summed E-state index contributed by atoms with van der Waals surface area (Å²) in [6.45, 7) is 6.18. The molecule has 0 aliphatic rings. The fourth-order valence-electron chi connectivity index (χ4n) is 6.42. The van der Waals surface area contributed by atoms with Crippen LogP contribution in [0.3, 0.4) is 0 Å².